The van der Waals surface area contributed by atoms with E-state index in [4.69, 9.17) is 4.74 Å². The van der Waals surface area contributed by atoms with Gasteiger partial charge in [0, 0.05) is 13.2 Å². The van der Waals surface area contributed by atoms with Crippen molar-refractivity contribution in [2.75, 3.05) is 13.7 Å². The maximum absolute atomic E-state index is 12.5. The molecule has 1 atom stereocenters. The van der Waals surface area contributed by atoms with Gasteiger partial charge in [0.2, 0.25) is 0 Å². The lowest BCUT2D eigenvalue weighted by Gasteiger charge is -2.17. The van der Waals surface area contributed by atoms with E-state index in [9.17, 15) is 9.59 Å². The summed E-state index contributed by atoms with van der Waals surface area (Å²) < 4.78 is 6.19. The molecule has 0 fully saturated rings. The third kappa shape index (κ3) is 4.52. The van der Waals surface area contributed by atoms with Crippen LogP contribution in [0.4, 0.5) is 0 Å². The van der Waals surface area contributed by atoms with Crippen LogP contribution >= 0.6 is 0 Å². The zero-order valence-electron chi connectivity index (χ0n) is 14.3. The summed E-state index contributed by atoms with van der Waals surface area (Å²) in [7, 11) is 1.55. The summed E-state index contributed by atoms with van der Waals surface area (Å²) in [4.78, 5) is 24.2. The van der Waals surface area contributed by atoms with Crippen LogP contribution in [0.3, 0.4) is 0 Å². The summed E-state index contributed by atoms with van der Waals surface area (Å²) in [5.74, 6) is -0.298. The Morgan fingerprint density at radius 2 is 1.96 bits per heavy atom. The number of ether oxygens (including phenoxy) is 1. The second kappa shape index (κ2) is 8.40. The molecule has 6 heteroatoms. The molecule has 24 heavy (non-hydrogen) atoms. The van der Waals surface area contributed by atoms with Crippen molar-refractivity contribution < 1.29 is 9.53 Å². The second-order valence-electron chi connectivity index (χ2n) is 5.62. The highest BCUT2D eigenvalue weighted by atomic mass is 16.5. The fourth-order valence-corrected chi connectivity index (χ4v) is 2.36. The van der Waals surface area contributed by atoms with Crippen LogP contribution in [0.25, 0.3) is 0 Å². The minimum absolute atomic E-state index is 0.0979. The molecule has 0 bridgehead atoms. The quantitative estimate of drug-likeness (QED) is 0.844. The first-order valence-corrected chi connectivity index (χ1v) is 7.99. The van der Waals surface area contributed by atoms with Crippen LogP contribution in [-0.2, 0) is 11.3 Å². The lowest BCUT2D eigenvalue weighted by Crippen LogP contribution is -2.32. The summed E-state index contributed by atoms with van der Waals surface area (Å²) in [5.41, 5.74) is 2.18. The maximum Gasteiger partial charge on any atom is 0.272 e. The SMILES string of the molecule is CC[C@H](NC(=O)c1ccc(=O)n(CCOC)n1)c1ccc(C)cc1. The Labute approximate surface area is 141 Å². The Balaban J connectivity index is 2.15. The van der Waals surface area contributed by atoms with E-state index in [-0.39, 0.29) is 23.2 Å². The molecule has 0 saturated carbocycles. The number of methoxy groups -OCH3 is 1. The first kappa shape index (κ1) is 17.9. The Kier molecular flexibility index (Phi) is 6.26. The highest BCUT2D eigenvalue weighted by Gasteiger charge is 2.16. The van der Waals surface area contributed by atoms with Crippen molar-refractivity contribution in [3.8, 4) is 0 Å². The molecule has 2 aromatic rings. The zero-order chi connectivity index (χ0) is 17.5. The molecule has 0 aliphatic rings. The molecular weight excluding hydrogens is 306 g/mol. The summed E-state index contributed by atoms with van der Waals surface area (Å²) in [6.45, 7) is 4.71. The summed E-state index contributed by atoms with van der Waals surface area (Å²) in [6.07, 6.45) is 0.762. The van der Waals surface area contributed by atoms with Gasteiger partial charge in [0.1, 0.15) is 5.69 Å². The van der Waals surface area contributed by atoms with Crippen molar-refractivity contribution in [1.82, 2.24) is 15.1 Å². The molecule has 0 aliphatic heterocycles. The van der Waals surface area contributed by atoms with E-state index in [1.165, 1.54) is 22.4 Å². The third-order valence-electron chi connectivity index (χ3n) is 3.80. The average molecular weight is 329 g/mol. The molecule has 128 valence electrons. The summed E-state index contributed by atoms with van der Waals surface area (Å²) in [6, 6.07) is 10.8. The largest absolute Gasteiger partial charge is 0.383 e. The number of benzene rings is 1. The number of carbonyl (C=O) groups excluding carboxylic acids is 1. The molecule has 1 aromatic heterocycles. The lowest BCUT2D eigenvalue weighted by molar-refractivity contribution is 0.0927. The van der Waals surface area contributed by atoms with Crippen LogP contribution in [0, 0.1) is 6.92 Å². The lowest BCUT2D eigenvalue weighted by atomic mass is 10.0. The molecule has 2 rings (SSSR count). The number of nitrogens with one attached hydrogen (secondary N) is 1. The van der Waals surface area contributed by atoms with Crippen molar-refractivity contribution in [2.45, 2.75) is 32.9 Å². The minimum atomic E-state index is -0.298. The number of aromatic nitrogens is 2. The van der Waals surface area contributed by atoms with Crippen LogP contribution < -0.4 is 10.9 Å². The molecule has 1 N–H and O–H groups in total. The predicted octanol–water partition coefficient (Wildman–Crippen LogP) is 2.08. The van der Waals surface area contributed by atoms with Crippen LogP contribution in [0.2, 0.25) is 0 Å². The molecule has 1 aromatic carbocycles. The maximum atomic E-state index is 12.5. The fourth-order valence-electron chi connectivity index (χ4n) is 2.36. The Morgan fingerprint density at radius 3 is 2.58 bits per heavy atom. The Bertz CT molecular complexity index is 738. The Hall–Kier alpha value is -2.47. The van der Waals surface area contributed by atoms with E-state index in [0.717, 1.165) is 12.0 Å². The first-order chi connectivity index (χ1) is 11.5. The predicted molar refractivity (Wildman–Crippen MR) is 92.1 cm³/mol. The Morgan fingerprint density at radius 1 is 1.25 bits per heavy atom. The van der Waals surface area contributed by atoms with Crippen molar-refractivity contribution in [2.24, 2.45) is 0 Å². The summed E-state index contributed by atoms with van der Waals surface area (Å²) >= 11 is 0. The van der Waals surface area contributed by atoms with Gasteiger partial charge in [-0.25, -0.2) is 4.68 Å². The van der Waals surface area contributed by atoms with E-state index in [2.05, 4.69) is 10.4 Å². The topological polar surface area (TPSA) is 73.2 Å². The molecule has 0 radical (unpaired) electrons. The van der Waals surface area contributed by atoms with Crippen molar-refractivity contribution >= 4 is 5.91 Å². The highest BCUT2D eigenvalue weighted by molar-refractivity contribution is 5.92. The molecular formula is C18H23N3O3. The normalized spacial score (nSPS) is 12.0. The molecule has 0 aliphatic carbocycles. The van der Waals surface area contributed by atoms with E-state index >= 15 is 0 Å². The van der Waals surface area contributed by atoms with Gasteiger partial charge in [-0.3, -0.25) is 9.59 Å². The monoisotopic (exact) mass is 329 g/mol. The van der Waals surface area contributed by atoms with Crippen molar-refractivity contribution in [1.29, 1.82) is 0 Å². The number of aryl methyl sites for hydroxylation is 1. The van der Waals surface area contributed by atoms with Crippen LogP contribution in [0.1, 0.15) is 41.0 Å². The minimum Gasteiger partial charge on any atom is -0.383 e. The molecule has 0 saturated heterocycles. The van der Waals surface area contributed by atoms with Crippen LogP contribution in [-0.4, -0.2) is 29.4 Å². The van der Waals surface area contributed by atoms with Crippen molar-refractivity contribution in [3.63, 3.8) is 0 Å². The number of amides is 1. The van der Waals surface area contributed by atoms with Gasteiger partial charge in [-0.05, 0) is 25.0 Å². The summed E-state index contributed by atoms with van der Waals surface area (Å²) in [5, 5.41) is 7.09. The number of nitrogens with zero attached hydrogens (tertiary/aromatic N) is 2. The van der Waals surface area contributed by atoms with Gasteiger partial charge < -0.3 is 10.1 Å². The standard InChI is InChI=1S/C18H23N3O3/c1-4-15(14-7-5-13(2)6-8-14)19-18(23)16-9-10-17(22)21(20-16)11-12-24-3/h5-10,15H,4,11-12H2,1-3H3,(H,19,23)/t15-/m0/s1. The van der Waals surface area contributed by atoms with Crippen LogP contribution in [0.15, 0.2) is 41.2 Å². The molecule has 1 heterocycles. The van der Waals surface area contributed by atoms with Gasteiger partial charge in [-0.1, -0.05) is 36.8 Å². The van der Waals surface area contributed by atoms with Gasteiger partial charge in [-0.2, -0.15) is 5.10 Å². The fraction of sp³-hybridized carbons (Fsp3) is 0.389. The number of carbonyl (C=O) groups is 1. The van der Waals surface area contributed by atoms with Crippen molar-refractivity contribution in [3.05, 3.63) is 63.6 Å². The molecule has 0 unspecified atom stereocenters. The molecule has 6 nitrogen and oxygen atoms in total. The van der Waals surface area contributed by atoms with Gasteiger partial charge in [0.25, 0.3) is 11.5 Å². The van der Waals surface area contributed by atoms with Crippen LogP contribution in [0.5, 0.6) is 0 Å². The number of rotatable bonds is 7. The zero-order valence-corrected chi connectivity index (χ0v) is 14.3. The van der Waals surface area contributed by atoms with Gasteiger partial charge in [0.05, 0.1) is 19.2 Å². The molecule has 0 spiro atoms. The first-order valence-electron chi connectivity index (χ1n) is 7.99. The third-order valence-corrected chi connectivity index (χ3v) is 3.80. The van der Waals surface area contributed by atoms with Gasteiger partial charge in [-0.15, -0.1) is 0 Å². The van der Waals surface area contributed by atoms with E-state index in [1.807, 2.05) is 38.1 Å². The van der Waals surface area contributed by atoms with E-state index in [0.29, 0.717) is 13.2 Å². The average Bonchev–Trinajstić information content (AvgIpc) is 2.59. The van der Waals surface area contributed by atoms with Gasteiger partial charge >= 0.3 is 0 Å². The molecule has 1 amide bonds. The van der Waals surface area contributed by atoms with E-state index in [1.54, 1.807) is 7.11 Å². The smallest absolute Gasteiger partial charge is 0.272 e. The van der Waals surface area contributed by atoms with E-state index < -0.39 is 0 Å². The van der Waals surface area contributed by atoms with Gasteiger partial charge in [0.15, 0.2) is 0 Å². The number of hydrogen-bond donors (Lipinski definition) is 1. The number of hydrogen-bond acceptors (Lipinski definition) is 4. The second-order valence-corrected chi connectivity index (χ2v) is 5.62. The highest BCUT2D eigenvalue weighted by Crippen LogP contribution is 2.17.